The van der Waals surface area contributed by atoms with Crippen LogP contribution >= 0.6 is 11.3 Å². The number of thiophene rings is 1. The molecular weight excluding hydrogens is 362 g/mol. The zero-order valence-electron chi connectivity index (χ0n) is 16.0. The van der Waals surface area contributed by atoms with E-state index in [4.69, 9.17) is 0 Å². The first-order valence-electron chi connectivity index (χ1n) is 9.50. The molecule has 27 heavy (non-hydrogen) atoms. The van der Waals surface area contributed by atoms with Crippen molar-refractivity contribution in [2.75, 3.05) is 26.2 Å². The van der Waals surface area contributed by atoms with Crippen molar-refractivity contribution in [2.24, 2.45) is 0 Å². The molecule has 7 nitrogen and oxygen atoms in total. The van der Waals surface area contributed by atoms with Crippen LogP contribution in [0.4, 0.5) is 0 Å². The average molecular weight is 388 g/mol. The summed E-state index contributed by atoms with van der Waals surface area (Å²) in [6.07, 6.45) is 0.692. The number of fused-ring (bicyclic) bond motifs is 3. The van der Waals surface area contributed by atoms with E-state index in [0.29, 0.717) is 31.1 Å². The fourth-order valence-corrected chi connectivity index (χ4v) is 4.58. The Kier molecular flexibility index (Phi) is 4.77. The van der Waals surface area contributed by atoms with Crippen molar-refractivity contribution in [3.8, 4) is 0 Å². The number of carbonyl (C=O) groups is 1. The van der Waals surface area contributed by atoms with Crippen molar-refractivity contribution in [1.29, 1.82) is 0 Å². The summed E-state index contributed by atoms with van der Waals surface area (Å²) >= 11 is 1.61. The molecule has 144 valence electrons. The van der Waals surface area contributed by atoms with Crippen LogP contribution in [-0.2, 0) is 17.8 Å². The second-order valence-corrected chi connectivity index (χ2v) is 8.23. The van der Waals surface area contributed by atoms with Gasteiger partial charge in [0.2, 0.25) is 5.91 Å². The highest BCUT2D eigenvalue weighted by atomic mass is 32.1. The summed E-state index contributed by atoms with van der Waals surface area (Å²) in [5.41, 5.74) is 1.41. The van der Waals surface area contributed by atoms with Crippen LogP contribution in [0, 0.1) is 0 Å². The predicted molar refractivity (Wildman–Crippen MR) is 108 cm³/mol. The normalized spacial score (nSPS) is 16.1. The Hall–Kier alpha value is -2.19. The molecule has 0 saturated carbocycles. The average Bonchev–Trinajstić information content (AvgIpc) is 3.25. The van der Waals surface area contributed by atoms with E-state index in [-0.39, 0.29) is 18.0 Å². The summed E-state index contributed by atoms with van der Waals surface area (Å²) in [7, 11) is 0. The third-order valence-corrected chi connectivity index (χ3v) is 6.22. The van der Waals surface area contributed by atoms with Crippen LogP contribution in [0.3, 0.4) is 0 Å². The number of hydrogen-bond donors (Lipinski definition) is 0. The molecule has 0 aliphatic carbocycles. The van der Waals surface area contributed by atoms with Crippen molar-refractivity contribution in [1.82, 2.24) is 24.0 Å². The Bertz CT molecular complexity index is 1040. The summed E-state index contributed by atoms with van der Waals surface area (Å²) < 4.78 is 4.34. The molecular formula is C19H25N5O2S. The molecule has 1 fully saturated rings. The van der Waals surface area contributed by atoms with Crippen LogP contribution in [0.15, 0.2) is 22.3 Å². The van der Waals surface area contributed by atoms with Crippen molar-refractivity contribution in [2.45, 2.75) is 39.8 Å². The van der Waals surface area contributed by atoms with Gasteiger partial charge in [0.15, 0.2) is 0 Å². The van der Waals surface area contributed by atoms with E-state index in [2.05, 4.69) is 23.8 Å². The van der Waals surface area contributed by atoms with Gasteiger partial charge in [-0.15, -0.1) is 11.3 Å². The standard InChI is InChI=1S/C19H25N5O2S/c1-4-17-20-23(12-18(25)22-8-6-21(7-9-22)13(2)3)19(26)15-11-16-14(24(15)17)5-10-27-16/h5,10-11,13H,4,6-9,12H2,1-3H3. The van der Waals surface area contributed by atoms with E-state index in [9.17, 15) is 9.59 Å². The second kappa shape index (κ2) is 7.09. The molecule has 1 aliphatic rings. The molecule has 0 bridgehead atoms. The van der Waals surface area contributed by atoms with Crippen molar-refractivity contribution in [3.05, 3.63) is 33.7 Å². The number of carbonyl (C=O) groups excluding carboxylic acids is 1. The van der Waals surface area contributed by atoms with E-state index in [1.54, 1.807) is 11.3 Å². The van der Waals surface area contributed by atoms with E-state index < -0.39 is 0 Å². The number of rotatable bonds is 4. The monoisotopic (exact) mass is 387 g/mol. The van der Waals surface area contributed by atoms with Gasteiger partial charge in [0.1, 0.15) is 17.9 Å². The topological polar surface area (TPSA) is 62.9 Å². The summed E-state index contributed by atoms with van der Waals surface area (Å²) in [5, 5.41) is 6.53. The van der Waals surface area contributed by atoms with Gasteiger partial charge in [-0.1, -0.05) is 6.92 Å². The zero-order valence-corrected chi connectivity index (χ0v) is 16.8. The van der Waals surface area contributed by atoms with Crippen LogP contribution in [0.25, 0.3) is 15.7 Å². The van der Waals surface area contributed by atoms with Gasteiger partial charge >= 0.3 is 0 Å². The third-order valence-electron chi connectivity index (χ3n) is 5.37. The van der Waals surface area contributed by atoms with Gasteiger partial charge in [-0.3, -0.25) is 18.9 Å². The summed E-state index contributed by atoms with van der Waals surface area (Å²) in [6.45, 7) is 9.52. The van der Waals surface area contributed by atoms with Gasteiger partial charge in [-0.2, -0.15) is 5.10 Å². The van der Waals surface area contributed by atoms with E-state index in [0.717, 1.165) is 29.1 Å². The number of aromatic nitrogens is 3. The molecule has 1 saturated heterocycles. The largest absolute Gasteiger partial charge is 0.339 e. The number of hydrogen-bond acceptors (Lipinski definition) is 5. The SMILES string of the molecule is CCc1nn(CC(=O)N2CCN(C(C)C)CC2)c(=O)c2cc3sccc3n12. The Labute approximate surface area is 161 Å². The minimum absolute atomic E-state index is 0.00282. The minimum atomic E-state index is -0.204. The molecule has 4 rings (SSSR count). The maximum atomic E-state index is 12.9. The lowest BCUT2D eigenvalue weighted by Crippen LogP contribution is -2.51. The zero-order chi connectivity index (χ0) is 19.1. The fourth-order valence-electron chi connectivity index (χ4n) is 3.77. The Morgan fingerprint density at radius 2 is 1.96 bits per heavy atom. The first kappa shape index (κ1) is 18.2. The number of amides is 1. The van der Waals surface area contributed by atoms with E-state index in [1.165, 1.54) is 4.68 Å². The summed E-state index contributed by atoms with van der Waals surface area (Å²) in [6, 6.07) is 4.41. The van der Waals surface area contributed by atoms with Gasteiger partial charge in [0, 0.05) is 38.6 Å². The Balaban J connectivity index is 1.61. The quantitative estimate of drug-likeness (QED) is 0.685. The lowest BCUT2D eigenvalue weighted by molar-refractivity contribution is -0.134. The molecule has 0 N–H and O–H groups in total. The minimum Gasteiger partial charge on any atom is -0.339 e. The van der Waals surface area contributed by atoms with Gasteiger partial charge in [0.05, 0.1) is 10.2 Å². The first-order chi connectivity index (χ1) is 13.0. The van der Waals surface area contributed by atoms with Gasteiger partial charge in [0.25, 0.3) is 5.56 Å². The van der Waals surface area contributed by atoms with E-state index >= 15 is 0 Å². The number of nitrogens with zero attached hydrogens (tertiary/aromatic N) is 5. The highest BCUT2D eigenvalue weighted by molar-refractivity contribution is 7.17. The van der Waals surface area contributed by atoms with Gasteiger partial charge < -0.3 is 4.90 Å². The first-order valence-corrected chi connectivity index (χ1v) is 10.4. The van der Waals surface area contributed by atoms with Crippen LogP contribution in [-0.4, -0.2) is 62.1 Å². The van der Waals surface area contributed by atoms with Crippen LogP contribution in [0.2, 0.25) is 0 Å². The molecule has 3 aromatic rings. The highest BCUT2D eigenvalue weighted by Gasteiger charge is 2.24. The molecule has 4 heterocycles. The fraction of sp³-hybridized carbons (Fsp3) is 0.526. The Morgan fingerprint density at radius 3 is 2.63 bits per heavy atom. The van der Waals surface area contributed by atoms with E-state index in [1.807, 2.05) is 33.7 Å². The molecule has 1 amide bonds. The summed E-state index contributed by atoms with van der Waals surface area (Å²) in [5.74, 6) is 0.767. The van der Waals surface area contributed by atoms with Crippen molar-refractivity contribution < 1.29 is 4.79 Å². The van der Waals surface area contributed by atoms with Crippen molar-refractivity contribution in [3.63, 3.8) is 0 Å². The van der Waals surface area contributed by atoms with Crippen LogP contribution in [0.1, 0.15) is 26.6 Å². The second-order valence-electron chi connectivity index (χ2n) is 7.28. The van der Waals surface area contributed by atoms with Crippen molar-refractivity contribution >= 4 is 33.0 Å². The number of piperazine rings is 1. The van der Waals surface area contributed by atoms with Gasteiger partial charge in [-0.25, -0.2) is 4.68 Å². The molecule has 0 radical (unpaired) electrons. The molecule has 0 spiro atoms. The molecule has 1 aliphatic heterocycles. The maximum Gasteiger partial charge on any atom is 0.291 e. The van der Waals surface area contributed by atoms with Crippen LogP contribution in [0.5, 0.6) is 0 Å². The maximum absolute atomic E-state index is 12.9. The smallest absolute Gasteiger partial charge is 0.291 e. The summed E-state index contributed by atoms with van der Waals surface area (Å²) in [4.78, 5) is 29.9. The lowest BCUT2D eigenvalue weighted by atomic mass is 10.2. The van der Waals surface area contributed by atoms with Gasteiger partial charge in [-0.05, 0) is 31.4 Å². The molecule has 0 atom stereocenters. The third kappa shape index (κ3) is 3.17. The predicted octanol–water partition coefficient (Wildman–Crippen LogP) is 1.83. The Morgan fingerprint density at radius 1 is 1.22 bits per heavy atom. The lowest BCUT2D eigenvalue weighted by Gasteiger charge is -2.36. The molecule has 0 unspecified atom stereocenters. The molecule has 8 heteroatoms. The highest BCUT2D eigenvalue weighted by Crippen LogP contribution is 2.24. The molecule has 0 aromatic carbocycles. The number of aryl methyl sites for hydroxylation is 1. The molecule has 3 aromatic heterocycles. The van der Waals surface area contributed by atoms with Crippen LogP contribution < -0.4 is 5.56 Å².